The average molecular weight is 317 g/mol. The maximum Gasteiger partial charge on any atom is 0.310 e. The molecule has 0 spiro atoms. The van der Waals surface area contributed by atoms with Gasteiger partial charge in [-0.2, -0.15) is 0 Å². The van der Waals surface area contributed by atoms with Crippen molar-refractivity contribution in [1.29, 1.82) is 0 Å². The molecule has 23 heavy (non-hydrogen) atoms. The number of hydrogen-bond acceptors (Lipinski definition) is 3. The maximum absolute atomic E-state index is 12.7. The van der Waals surface area contributed by atoms with E-state index in [1.54, 1.807) is 0 Å². The van der Waals surface area contributed by atoms with Gasteiger partial charge in [0.25, 0.3) is 0 Å². The van der Waals surface area contributed by atoms with Crippen molar-refractivity contribution in [3.05, 3.63) is 29.8 Å². The summed E-state index contributed by atoms with van der Waals surface area (Å²) in [4.78, 5) is 24.3. The van der Waals surface area contributed by atoms with Crippen LogP contribution in [0.4, 0.5) is 5.69 Å². The number of carbonyl (C=O) groups is 2. The lowest BCUT2D eigenvalue weighted by molar-refractivity contribution is -0.147. The SMILES string of the molecule is CC(C)(C)c1ccccc1NC(=O)C1C(C(=O)O)[C@H]2CC[C@@H]1O2. The molecular formula is C18H23NO4. The second kappa shape index (κ2) is 5.64. The number of amides is 1. The number of carbonyl (C=O) groups excluding carboxylic acids is 1. The Hall–Kier alpha value is -1.88. The molecular weight excluding hydrogens is 294 g/mol. The predicted octanol–water partition coefficient (Wildman–Crippen LogP) is 2.80. The molecule has 4 atom stereocenters. The Bertz CT molecular complexity index is 634. The monoisotopic (exact) mass is 317 g/mol. The predicted molar refractivity (Wildman–Crippen MR) is 86.3 cm³/mol. The molecule has 2 N–H and O–H groups in total. The standard InChI is InChI=1S/C18H23NO4/c1-18(2,3)10-6-4-5-7-11(10)19-16(20)14-12-8-9-13(23-12)15(14)17(21)22/h4-7,12-15H,8-9H2,1-3H3,(H,19,20)(H,21,22)/t12-,13+,14?,15?/m0/s1. The van der Waals surface area contributed by atoms with Crippen LogP contribution >= 0.6 is 0 Å². The number of ether oxygens (including phenoxy) is 1. The van der Waals surface area contributed by atoms with Gasteiger partial charge in [-0.1, -0.05) is 39.0 Å². The smallest absolute Gasteiger partial charge is 0.310 e. The van der Waals surface area contributed by atoms with E-state index in [-0.39, 0.29) is 23.5 Å². The molecule has 2 aliphatic heterocycles. The molecule has 2 aliphatic rings. The van der Waals surface area contributed by atoms with Gasteiger partial charge in [-0.15, -0.1) is 0 Å². The number of carboxylic acids is 1. The zero-order chi connectivity index (χ0) is 16.8. The van der Waals surface area contributed by atoms with Gasteiger partial charge >= 0.3 is 5.97 Å². The van der Waals surface area contributed by atoms with Crippen LogP contribution < -0.4 is 5.32 Å². The van der Waals surface area contributed by atoms with E-state index in [9.17, 15) is 14.7 Å². The van der Waals surface area contributed by atoms with Crippen LogP contribution in [0.15, 0.2) is 24.3 Å². The lowest BCUT2D eigenvalue weighted by Gasteiger charge is -2.26. The molecule has 0 aromatic heterocycles. The molecule has 2 bridgehead atoms. The first kappa shape index (κ1) is 16.0. The fraction of sp³-hybridized carbons (Fsp3) is 0.556. The second-order valence-corrected chi connectivity index (χ2v) is 7.46. The van der Waals surface area contributed by atoms with Crippen molar-refractivity contribution in [3.8, 4) is 0 Å². The third-order valence-electron chi connectivity index (χ3n) is 4.85. The van der Waals surface area contributed by atoms with Gasteiger partial charge in [0.05, 0.1) is 24.0 Å². The van der Waals surface area contributed by atoms with E-state index in [2.05, 4.69) is 26.1 Å². The molecule has 2 unspecified atom stereocenters. The summed E-state index contributed by atoms with van der Waals surface area (Å²) in [7, 11) is 0. The molecule has 0 saturated carbocycles. The fourth-order valence-electron chi connectivity index (χ4n) is 3.79. The van der Waals surface area contributed by atoms with Crippen LogP contribution in [0.5, 0.6) is 0 Å². The normalized spacial score (nSPS) is 29.5. The van der Waals surface area contributed by atoms with Crippen molar-refractivity contribution in [2.75, 3.05) is 5.32 Å². The summed E-state index contributed by atoms with van der Waals surface area (Å²) in [6, 6.07) is 7.66. The zero-order valence-corrected chi connectivity index (χ0v) is 13.7. The molecule has 3 rings (SSSR count). The highest BCUT2D eigenvalue weighted by molar-refractivity contribution is 5.97. The van der Waals surface area contributed by atoms with E-state index in [0.717, 1.165) is 24.1 Å². The molecule has 1 aromatic rings. The van der Waals surface area contributed by atoms with E-state index >= 15 is 0 Å². The topological polar surface area (TPSA) is 75.6 Å². The van der Waals surface area contributed by atoms with Crippen molar-refractivity contribution < 1.29 is 19.4 Å². The molecule has 1 amide bonds. The number of hydrogen-bond donors (Lipinski definition) is 2. The van der Waals surface area contributed by atoms with E-state index in [1.807, 2.05) is 24.3 Å². The summed E-state index contributed by atoms with van der Waals surface area (Å²) in [6.07, 6.45) is 0.881. The molecule has 2 fully saturated rings. The van der Waals surface area contributed by atoms with E-state index in [1.165, 1.54) is 0 Å². The lowest BCUT2D eigenvalue weighted by Crippen LogP contribution is -2.41. The number of aliphatic carboxylic acids is 1. The zero-order valence-electron chi connectivity index (χ0n) is 13.7. The third kappa shape index (κ3) is 2.85. The van der Waals surface area contributed by atoms with Gasteiger partial charge in [0, 0.05) is 5.69 Å². The number of fused-ring (bicyclic) bond motifs is 2. The maximum atomic E-state index is 12.7. The Morgan fingerprint density at radius 3 is 2.35 bits per heavy atom. The van der Waals surface area contributed by atoms with Crippen LogP contribution in [0.25, 0.3) is 0 Å². The first-order chi connectivity index (χ1) is 10.8. The molecule has 1 aromatic carbocycles. The molecule has 0 aliphatic carbocycles. The number of rotatable bonds is 3. The minimum atomic E-state index is -0.943. The molecule has 2 heterocycles. The van der Waals surface area contributed by atoms with Gasteiger partial charge in [-0.25, -0.2) is 0 Å². The number of carboxylic acid groups (broad SMARTS) is 1. The Kier molecular flexibility index (Phi) is 3.92. The summed E-state index contributed by atoms with van der Waals surface area (Å²) in [5.74, 6) is -2.54. The molecule has 124 valence electrons. The quantitative estimate of drug-likeness (QED) is 0.899. The van der Waals surface area contributed by atoms with Crippen molar-refractivity contribution in [2.24, 2.45) is 11.8 Å². The molecule has 5 nitrogen and oxygen atoms in total. The minimum Gasteiger partial charge on any atom is -0.481 e. The van der Waals surface area contributed by atoms with Crippen LogP contribution in [0.3, 0.4) is 0 Å². The molecule has 2 saturated heterocycles. The van der Waals surface area contributed by atoms with Crippen molar-refractivity contribution >= 4 is 17.6 Å². The highest BCUT2D eigenvalue weighted by Gasteiger charge is 2.55. The van der Waals surface area contributed by atoms with Gasteiger partial charge in [0.15, 0.2) is 0 Å². The number of anilines is 1. The highest BCUT2D eigenvalue weighted by Crippen LogP contribution is 2.44. The minimum absolute atomic E-state index is 0.110. The summed E-state index contributed by atoms with van der Waals surface area (Å²) >= 11 is 0. The largest absolute Gasteiger partial charge is 0.481 e. The number of para-hydroxylation sites is 1. The molecule has 5 heteroatoms. The first-order valence-electron chi connectivity index (χ1n) is 8.07. The molecule has 0 radical (unpaired) electrons. The van der Waals surface area contributed by atoms with Crippen LogP contribution in [0.1, 0.15) is 39.2 Å². The Labute approximate surface area is 136 Å². The van der Waals surface area contributed by atoms with Crippen molar-refractivity contribution in [2.45, 2.75) is 51.2 Å². The van der Waals surface area contributed by atoms with Gasteiger partial charge in [-0.3, -0.25) is 9.59 Å². The summed E-state index contributed by atoms with van der Waals surface area (Å²) in [6.45, 7) is 6.25. The average Bonchev–Trinajstić information content (AvgIpc) is 3.07. The van der Waals surface area contributed by atoms with Crippen LogP contribution in [0, 0.1) is 11.8 Å². The summed E-state index contributed by atoms with van der Waals surface area (Å²) < 4.78 is 5.67. The van der Waals surface area contributed by atoms with E-state index < -0.39 is 17.8 Å². The van der Waals surface area contributed by atoms with E-state index in [0.29, 0.717) is 0 Å². The fourth-order valence-corrected chi connectivity index (χ4v) is 3.79. The number of nitrogens with one attached hydrogen (secondary N) is 1. The van der Waals surface area contributed by atoms with Crippen molar-refractivity contribution in [3.63, 3.8) is 0 Å². The third-order valence-corrected chi connectivity index (χ3v) is 4.85. The van der Waals surface area contributed by atoms with Gasteiger partial charge in [0.2, 0.25) is 5.91 Å². The van der Waals surface area contributed by atoms with Crippen LogP contribution in [-0.2, 0) is 19.7 Å². The van der Waals surface area contributed by atoms with Crippen LogP contribution in [-0.4, -0.2) is 29.2 Å². The van der Waals surface area contributed by atoms with Crippen LogP contribution in [0.2, 0.25) is 0 Å². The highest BCUT2D eigenvalue weighted by atomic mass is 16.5. The van der Waals surface area contributed by atoms with Gasteiger partial charge in [0.1, 0.15) is 0 Å². The Morgan fingerprint density at radius 1 is 1.13 bits per heavy atom. The first-order valence-corrected chi connectivity index (χ1v) is 8.07. The van der Waals surface area contributed by atoms with Gasteiger partial charge < -0.3 is 15.2 Å². The van der Waals surface area contributed by atoms with E-state index in [4.69, 9.17) is 4.74 Å². The van der Waals surface area contributed by atoms with Crippen molar-refractivity contribution in [1.82, 2.24) is 0 Å². The summed E-state index contributed by atoms with van der Waals surface area (Å²) in [5, 5.41) is 12.4. The Morgan fingerprint density at radius 2 is 1.74 bits per heavy atom. The number of benzene rings is 1. The van der Waals surface area contributed by atoms with Gasteiger partial charge in [-0.05, 0) is 29.9 Å². The summed E-state index contributed by atoms with van der Waals surface area (Å²) in [5.41, 5.74) is 1.67. The Balaban J connectivity index is 1.84. The lowest BCUT2D eigenvalue weighted by atomic mass is 9.78. The second-order valence-electron chi connectivity index (χ2n) is 7.46.